The van der Waals surface area contributed by atoms with Crippen LogP contribution in [0.25, 0.3) is 22.2 Å². The lowest BCUT2D eigenvalue weighted by Crippen LogP contribution is -2.47. The van der Waals surface area contributed by atoms with Crippen LogP contribution < -0.4 is 26.6 Å². The van der Waals surface area contributed by atoms with E-state index in [1.165, 1.54) is 12.1 Å². The number of rotatable bonds is 6. The predicted molar refractivity (Wildman–Crippen MR) is 129 cm³/mol. The summed E-state index contributed by atoms with van der Waals surface area (Å²) >= 11 is 0. The third kappa shape index (κ3) is 4.19. The van der Waals surface area contributed by atoms with Gasteiger partial charge in [-0.3, -0.25) is 0 Å². The summed E-state index contributed by atoms with van der Waals surface area (Å²) in [5.74, 6) is 0.0873. The van der Waals surface area contributed by atoms with Crippen molar-refractivity contribution < 1.29 is 16.8 Å². The van der Waals surface area contributed by atoms with Crippen LogP contribution in [0.3, 0.4) is 0 Å². The standard InChI is InChI=1S/C19H22N10O4S2/c20-11-6-23-7-13(11)29-35(32,33)14-5-4-9(10-2-1-3-12-16(10)27-19(21)26-12)15(17(14)34(22,30)31)18-24-8-25-28-18/h1-5,11,13,23,29H,6-8,20H2,(H3,21,26,27)(H2,22,30,31)/t11-,13-/m1/s1. The maximum atomic E-state index is 13.4. The number of sulfonamides is 2. The molecule has 16 heteroatoms. The fourth-order valence-corrected chi connectivity index (χ4v) is 7.11. The van der Waals surface area contributed by atoms with Crippen LogP contribution in [0.15, 0.2) is 55.3 Å². The quantitative estimate of drug-likeness (QED) is 0.241. The molecule has 2 aromatic carbocycles. The highest BCUT2D eigenvalue weighted by Crippen LogP contribution is 2.37. The second-order valence-electron chi connectivity index (χ2n) is 8.10. The minimum absolute atomic E-state index is 0.0454. The number of para-hydroxylation sites is 1. The maximum absolute atomic E-state index is 13.4. The molecule has 35 heavy (non-hydrogen) atoms. The first-order chi connectivity index (χ1) is 16.6. The van der Waals surface area contributed by atoms with Gasteiger partial charge in [0.1, 0.15) is 9.79 Å². The molecule has 2 atom stereocenters. The van der Waals surface area contributed by atoms with E-state index >= 15 is 0 Å². The van der Waals surface area contributed by atoms with E-state index in [1.54, 1.807) is 18.2 Å². The molecule has 1 saturated heterocycles. The van der Waals surface area contributed by atoms with Gasteiger partial charge in [-0.25, -0.2) is 36.7 Å². The zero-order valence-electron chi connectivity index (χ0n) is 18.1. The van der Waals surface area contributed by atoms with Crippen LogP contribution in [0.1, 0.15) is 5.56 Å². The molecule has 0 amide bonds. The van der Waals surface area contributed by atoms with E-state index in [0.717, 1.165) is 0 Å². The molecule has 9 N–H and O–H groups in total. The molecule has 1 aromatic heterocycles. The minimum atomic E-state index is -4.61. The molecular formula is C19H22N10O4S2. The number of H-pyrrole nitrogens is 1. The van der Waals surface area contributed by atoms with Gasteiger partial charge in [0.25, 0.3) is 0 Å². The van der Waals surface area contributed by atoms with Crippen LogP contribution in [-0.2, 0) is 20.0 Å². The number of anilines is 1. The number of primary sulfonamides is 1. The molecule has 3 aromatic rings. The van der Waals surface area contributed by atoms with E-state index in [0.29, 0.717) is 35.2 Å². The Balaban J connectivity index is 1.80. The third-order valence-electron chi connectivity index (χ3n) is 5.76. The number of aromatic amines is 1. The summed E-state index contributed by atoms with van der Waals surface area (Å²) in [5.41, 5.74) is 13.5. The van der Waals surface area contributed by atoms with Gasteiger partial charge in [0, 0.05) is 24.7 Å². The lowest BCUT2D eigenvalue weighted by Gasteiger charge is -2.20. The van der Waals surface area contributed by atoms with Gasteiger partial charge in [-0.1, -0.05) is 18.2 Å². The summed E-state index contributed by atoms with van der Waals surface area (Å²) in [6.07, 6.45) is 0. The highest BCUT2D eigenvalue weighted by molar-refractivity contribution is 7.92. The number of fused-ring (bicyclic) bond motifs is 1. The van der Waals surface area contributed by atoms with E-state index in [2.05, 4.69) is 35.2 Å². The van der Waals surface area contributed by atoms with Gasteiger partial charge < -0.3 is 21.8 Å². The van der Waals surface area contributed by atoms with E-state index in [4.69, 9.17) is 16.6 Å². The number of benzene rings is 2. The summed E-state index contributed by atoms with van der Waals surface area (Å²) in [5, 5.41) is 16.3. The van der Waals surface area contributed by atoms with Gasteiger partial charge >= 0.3 is 0 Å². The van der Waals surface area contributed by atoms with Gasteiger partial charge in [-0.05, 0) is 17.7 Å². The summed E-state index contributed by atoms with van der Waals surface area (Å²) in [4.78, 5) is 10.2. The van der Waals surface area contributed by atoms with Crippen molar-refractivity contribution in [3.63, 3.8) is 0 Å². The molecule has 1 fully saturated rings. The topological polar surface area (TPSA) is 236 Å². The van der Waals surface area contributed by atoms with Crippen LogP contribution in [0.5, 0.6) is 0 Å². The molecule has 184 valence electrons. The van der Waals surface area contributed by atoms with Crippen molar-refractivity contribution in [3.8, 4) is 11.1 Å². The molecule has 14 nitrogen and oxygen atoms in total. The average Bonchev–Trinajstić information content (AvgIpc) is 3.53. The number of amidine groups is 1. The largest absolute Gasteiger partial charge is 0.369 e. The van der Waals surface area contributed by atoms with E-state index < -0.39 is 41.9 Å². The summed E-state index contributed by atoms with van der Waals surface area (Å²) in [7, 11) is -8.99. The number of hydrogen-bond acceptors (Lipinski definition) is 11. The highest BCUT2D eigenvalue weighted by Gasteiger charge is 2.35. The Hall–Kier alpha value is -3.28. The van der Waals surface area contributed by atoms with Crippen LogP contribution in [0, 0.1) is 0 Å². The SMILES string of the molecule is Nc1nc2c(-c3ccc(S(=O)(=O)N[C@@H]4CNC[C@H]4N)c(S(N)(=O)=O)c3C3=NCN=N3)cccc2[nH]1. The lowest BCUT2D eigenvalue weighted by molar-refractivity contribution is 0.536. The summed E-state index contributed by atoms with van der Waals surface area (Å²) in [6.45, 7) is 0.656. The van der Waals surface area contributed by atoms with E-state index in [9.17, 15) is 16.8 Å². The van der Waals surface area contributed by atoms with Crippen molar-refractivity contribution in [1.82, 2.24) is 20.0 Å². The number of nitrogens with zero attached hydrogens (tertiary/aromatic N) is 4. The molecule has 0 aliphatic carbocycles. The lowest BCUT2D eigenvalue weighted by atomic mass is 9.97. The predicted octanol–water partition coefficient (Wildman–Crippen LogP) is -0.793. The Morgan fingerprint density at radius 3 is 2.51 bits per heavy atom. The molecule has 0 unspecified atom stereocenters. The van der Waals surface area contributed by atoms with Crippen molar-refractivity contribution >= 4 is 42.9 Å². The number of azo groups is 1. The Morgan fingerprint density at radius 2 is 1.86 bits per heavy atom. The molecule has 0 bridgehead atoms. The molecule has 3 heterocycles. The van der Waals surface area contributed by atoms with Crippen LogP contribution >= 0.6 is 0 Å². The molecule has 0 spiro atoms. The minimum Gasteiger partial charge on any atom is -0.369 e. The average molecular weight is 519 g/mol. The van der Waals surface area contributed by atoms with Crippen LogP contribution in [0.2, 0.25) is 0 Å². The third-order valence-corrected chi connectivity index (χ3v) is 8.41. The van der Waals surface area contributed by atoms with Gasteiger partial charge in [0.15, 0.2) is 18.5 Å². The molecular weight excluding hydrogens is 496 g/mol. The van der Waals surface area contributed by atoms with E-state index in [-0.39, 0.29) is 24.0 Å². The van der Waals surface area contributed by atoms with Crippen molar-refractivity contribution in [2.24, 2.45) is 26.1 Å². The number of imidazole rings is 1. The highest BCUT2D eigenvalue weighted by atomic mass is 32.2. The van der Waals surface area contributed by atoms with Gasteiger partial charge in [0.2, 0.25) is 20.0 Å². The van der Waals surface area contributed by atoms with Crippen molar-refractivity contribution in [1.29, 1.82) is 0 Å². The molecule has 2 aliphatic rings. The fourth-order valence-electron chi connectivity index (χ4n) is 4.22. The van der Waals surface area contributed by atoms with Gasteiger partial charge in [-0.2, -0.15) is 5.11 Å². The normalized spacial score (nSPS) is 20.6. The molecule has 0 radical (unpaired) electrons. The second-order valence-corrected chi connectivity index (χ2v) is 11.3. The molecule has 5 rings (SSSR count). The molecule has 0 saturated carbocycles. The summed E-state index contributed by atoms with van der Waals surface area (Å²) in [6, 6.07) is 6.66. The van der Waals surface area contributed by atoms with Crippen LogP contribution in [0.4, 0.5) is 5.95 Å². The van der Waals surface area contributed by atoms with E-state index in [1.807, 2.05) is 0 Å². The van der Waals surface area contributed by atoms with Gasteiger partial charge in [-0.15, -0.1) is 5.11 Å². The first kappa shape index (κ1) is 23.5. The number of nitrogens with two attached hydrogens (primary N) is 3. The smallest absolute Gasteiger partial charge is 0.242 e. The summed E-state index contributed by atoms with van der Waals surface area (Å²) < 4.78 is 55.1. The number of aromatic nitrogens is 2. The first-order valence-electron chi connectivity index (χ1n) is 10.4. The van der Waals surface area contributed by atoms with Crippen molar-refractivity contribution in [3.05, 3.63) is 35.9 Å². The number of aliphatic imine (C=N–C) groups is 1. The van der Waals surface area contributed by atoms with Crippen molar-refractivity contribution in [2.45, 2.75) is 21.9 Å². The first-order valence-corrected chi connectivity index (χ1v) is 13.4. The monoisotopic (exact) mass is 518 g/mol. The maximum Gasteiger partial charge on any atom is 0.242 e. The van der Waals surface area contributed by atoms with Crippen molar-refractivity contribution in [2.75, 3.05) is 25.5 Å². The fraction of sp³-hybridized carbons (Fsp3) is 0.263. The Bertz CT molecular complexity index is 1610. The Labute approximate surface area is 200 Å². The Kier molecular flexibility index (Phi) is 5.65. The number of nitrogen functional groups attached to an aromatic ring is 1. The van der Waals surface area contributed by atoms with Gasteiger partial charge in [0.05, 0.1) is 22.6 Å². The number of nitrogens with one attached hydrogen (secondary N) is 3. The molecule has 2 aliphatic heterocycles. The zero-order chi connectivity index (χ0) is 25.0. The zero-order valence-corrected chi connectivity index (χ0v) is 19.8. The second kappa shape index (κ2) is 8.43. The van der Waals surface area contributed by atoms with Crippen LogP contribution in [-0.4, -0.2) is 64.5 Å². The number of hydrogen-bond donors (Lipinski definition) is 6. The Morgan fingerprint density at radius 1 is 1.06 bits per heavy atom.